The number of Topliss-reactive ketones (excluding diaryl/α,β-unsaturated/α-hetero) is 1. The molecule has 0 amide bonds. The number of benzene rings is 4. The zero-order valence-electron chi connectivity index (χ0n) is 20.6. The third-order valence-electron chi connectivity index (χ3n) is 7.82. The Kier molecular flexibility index (Phi) is 6.62. The molecule has 1 N–H and O–H groups in total. The standard InChI is InChI=1S/C32H26N2O4/c33-22-31(34(37)38)27(23-13-5-1-6-14-23)21-32(36,26-19-11-4-12-20-26)29(28(31)24-15-7-2-8-16-24)30(35)25-17-9-3-10-18-25/h1-20,27-29,36H,21H2. The van der Waals surface area contributed by atoms with Crippen molar-refractivity contribution >= 4 is 5.78 Å². The second-order valence-electron chi connectivity index (χ2n) is 9.75. The average molecular weight is 503 g/mol. The number of carbonyl (C=O) groups is 1. The second-order valence-corrected chi connectivity index (χ2v) is 9.75. The normalized spacial score (nSPS) is 26.7. The van der Waals surface area contributed by atoms with Gasteiger partial charge in [0, 0.05) is 10.5 Å². The van der Waals surface area contributed by atoms with Crippen molar-refractivity contribution in [2.24, 2.45) is 5.92 Å². The summed E-state index contributed by atoms with van der Waals surface area (Å²) in [5.41, 5.74) is -2.21. The van der Waals surface area contributed by atoms with Crippen LogP contribution in [0.15, 0.2) is 121 Å². The van der Waals surface area contributed by atoms with Gasteiger partial charge in [0.25, 0.3) is 0 Å². The van der Waals surface area contributed by atoms with Crippen LogP contribution in [0.4, 0.5) is 0 Å². The molecule has 0 aliphatic heterocycles. The van der Waals surface area contributed by atoms with Gasteiger partial charge in [-0.2, -0.15) is 5.26 Å². The topological polar surface area (TPSA) is 104 Å². The lowest BCUT2D eigenvalue weighted by molar-refractivity contribution is -0.569. The molecule has 6 nitrogen and oxygen atoms in total. The fourth-order valence-corrected chi connectivity index (χ4v) is 6.11. The zero-order valence-corrected chi connectivity index (χ0v) is 20.6. The molecule has 0 aromatic heterocycles. The summed E-state index contributed by atoms with van der Waals surface area (Å²) in [7, 11) is 0. The highest BCUT2D eigenvalue weighted by molar-refractivity contribution is 5.99. The number of nitrogens with zero attached hydrogens (tertiary/aromatic N) is 2. The number of rotatable bonds is 6. The summed E-state index contributed by atoms with van der Waals surface area (Å²) in [5, 5.41) is 36.5. The van der Waals surface area contributed by atoms with Crippen molar-refractivity contribution in [2.45, 2.75) is 29.4 Å². The molecule has 1 fully saturated rings. The van der Waals surface area contributed by atoms with Gasteiger partial charge in [-0.3, -0.25) is 14.9 Å². The van der Waals surface area contributed by atoms with Gasteiger partial charge in [0.2, 0.25) is 0 Å². The van der Waals surface area contributed by atoms with Crippen LogP contribution < -0.4 is 0 Å². The smallest absolute Gasteiger partial charge is 0.319 e. The number of carbonyl (C=O) groups excluding carboxylic acids is 1. The van der Waals surface area contributed by atoms with Crippen molar-refractivity contribution in [2.75, 3.05) is 0 Å². The molecule has 4 aromatic carbocycles. The van der Waals surface area contributed by atoms with Crippen molar-refractivity contribution in [1.29, 1.82) is 5.26 Å². The molecule has 0 saturated heterocycles. The van der Waals surface area contributed by atoms with E-state index in [1.165, 1.54) is 0 Å². The highest BCUT2D eigenvalue weighted by Crippen LogP contribution is 2.60. The SMILES string of the molecule is N#CC1([N+](=O)[O-])C(c2ccccc2)CC(O)(c2ccccc2)C(C(=O)c2ccccc2)C1c1ccccc1. The van der Waals surface area contributed by atoms with Crippen LogP contribution in [-0.2, 0) is 5.60 Å². The molecule has 1 aliphatic carbocycles. The summed E-state index contributed by atoms with van der Waals surface area (Å²) in [6.45, 7) is 0. The zero-order chi connectivity index (χ0) is 26.8. The Labute approximate surface area is 221 Å². The maximum atomic E-state index is 14.3. The first-order valence-electron chi connectivity index (χ1n) is 12.5. The van der Waals surface area contributed by atoms with E-state index < -0.39 is 39.6 Å². The van der Waals surface area contributed by atoms with Crippen LogP contribution in [0.2, 0.25) is 0 Å². The molecule has 0 radical (unpaired) electrons. The molecule has 5 rings (SSSR count). The largest absolute Gasteiger partial charge is 0.384 e. The third kappa shape index (κ3) is 3.98. The van der Waals surface area contributed by atoms with E-state index >= 15 is 0 Å². The fraction of sp³-hybridized carbons (Fsp3) is 0.188. The van der Waals surface area contributed by atoms with Crippen LogP contribution in [0.3, 0.4) is 0 Å². The highest BCUT2D eigenvalue weighted by Gasteiger charge is 2.70. The fourth-order valence-electron chi connectivity index (χ4n) is 6.11. The van der Waals surface area contributed by atoms with Gasteiger partial charge in [-0.25, -0.2) is 0 Å². The van der Waals surface area contributed by atoms with Crippen LogP contribution in [0.5, 0.6) is 0 Å². The van der Waals surface area contributed by atoms with Crippen molar-refractivity contribution < 1.29 is 14.8 Å². The molecule has 6 heteroatoms. The Morgan fingerprint density at radius 1 is 0.816 bits per heavy atom. The van der Waals surface area contributed by atoms with Gasteiger partial charge >= 0.3 is 5.54 Å². The third-order valence-corrected chi connectivity index (χ3v) is 7.82. The summed E-state index contributed by atoms with van der Waals surface area (Å²) in [6, 6.07) is 36.8. The van der Waals surface area contributed by atoms with Crippen molar-refractivity contribution in [3.8, 4) is 6.07 Å². The van der Waals surface area contributed by atoms with Crippen molar-refractivity contribution in [3.63, 3.8) is 0 Å². The van der Waals surface area contributed by atoms with E-state index in [1.54, 1.807) is 115 Å². The summed E-state index contributed by atoms with van der Waals surface area (Å²) in [4.78, 5) is 26.9. The van der Waals surface area contributed by atoms with E-state index in [-0.39, 0.29) is 6.42 Å². The van der Waals surface area contributed by atoms with E-state index in [0.717, 1.165) is 0 Å². The van der Waals surface area contributed by atoms with Gasteiger partial charge in [-0.1, -0.05) is 121 Å². The molecule has 0 bridgehead atoms. The maximum Gasteiger partial charge on any atom is 0.319 e. The van der Waals surface area contributed by atoms with Crippen molar-refractivity contribution in [1.82, 2.24) is 0 Å². The molecule has 4 aromatic rings. The van der Waals surface area contributed by atoms with Crippen LogP contribution in [-0.4, -0.2) is 21.4 Å². The molecule has 1 saturated carbocycles. The number of nitro groups is 1. The highest BCUT2D eigenvalue weighted by atomic mass is 16.6. The first-order chi connectivity index (χ1) is 18.4. The Hall–Kier alpha value is -4.60. The quantitative estimate of drug-likeness (QED) is 0.201. The van der Waals surface area contributed by atoms with E-state index in [0.29, 0.717) is 22.3 Å². The molecule has 0 heterocycles. The van der Waals surface area contributed by atoms with E-state index in [2.05, 4.69) is 6.07 Å². The summed E-state index contributed by atoms with van der Waals surface area (Å²) >= 11 is 0. The lowest BCUT2D eigenvalue weighted by atomic mass is 9.51. The predicted octanol–water partition coefficient (Wildman–Crippen LogP) is 5.88. The summed E-state index contributed by atoms with van der Waals surface area (Å²) in [5.74, 6) is -4.00. The number of ketones is 1. The van der Waals surface area contributed by atoms with Crippen LogP contribution in [0.25, 0.3) is 0 Å². The van der Waals surface area contributed by atoms with E-state index in [9.17, 15) is 25.3 Å². The molecule has 5 atom stereocenters. The number of aliphatic hydroxyl groups is 1. The Morgan fingerprint density at radius 3 is 1.79 bits per heavy atom. The molecule has 1 aliphatic rings. The predicted molar refractivity (Wildman–Crippen MR) is 143 cm³/mol. The first kappa shape index (κ1) is 25.1. The van der Waals surface area contributed by atoms with Gasteiger partial charge in [0.15, 0.2) is 5.78 Å². The maximum absolute atomic E-state index is 14.3. The van der Waals surface area contributed by atoms with Gasteiger partial charge in [-0.05, 0) is 23.1 Å². The van der Waals surface area contributed by atoms with E-state index in [4.69, 9.17) is 0 Å². The minimum Gasteiger partial charge on any atom is -0.384 e. The number of nitriles is 1. The monoisotopic (exact) mass is 502 g/mol. The molecular formula is C32H26N2O4. The summed E-state index contributed by atoms with van der Waals surface area (Å²) in [6.07, 6.45) is -0.178. The Balaban J connectivity index is 1.87. The molecule has 188 valence electrons. The average Bonchev–Trinajstić information content (AvgIpc) is 2.98. The van der Waals surface area contributed by atoms with Gasteiger partial charge in [0.05, 0.1) is 17.8 Å². The van der Waals surface area contributed by atoms with Crippen LogP contribution in [0.1, 0.15) is 45.3 Å². The van der Waals surface area contributed by atoms with Crippen LogP contribution in [0, 0.1) is 27.4 Å². The second kappa shape index (κ2) is 10.0. The number of hydrogen-bond donors (Lipinski definition) is 1. The van der Waals surface area contributed by atoms with Gasteiger partial charge in [0.1, 0.15) is 11.7 Å². The lowest BCUT2D eigenvalue weighted by Gasteiger charge is -2.51. The first-order valence-corrected chi connectivity index (χ1v) is 12.5. The molecule has 38 heavy (non-hydrogen) atoms. The lowest BCUT2D eigenvalue weighted by Crippen LogP contribution is -2.62. The minimum absolute atomic E-state index is 0.178. The van der Waals surface area contributed by atoms with Crippen molar-refractivity contribution in [3.05, 3.63) is 154 Å². The van der Waals surface area contributed by atoms with Crippen LogP contribution >= 0.6 is 0 Å². The number of hydrogen-bond acceptors (Lipinski definition) is 5. The van der Waals surface area contributed by atoms with E-state index in [1.807, 2.05) is 6.07 Å². The van der Waals surface area contributed by atoms with Gasteiger partial charge in [-0.15, -0.1) is 0 Å². The molecular weight excluding hydrogens is 476 g/mol. The minimum atomic E-state index is -2.22. The Morgan fingerprint density at radius 2 is 1.29 bits per heavy atom. The molecule has 5 unspecified atom stereocenters. The Bertz CT molecular complexity index is 1470. The van der Waals surface area contributed by atoms with Gasteiger partial charge < -0.3 is 5.11 Å². The molecule has 0 spiro atoms. The summed E-state index contributed by atoms with van der Waals surface area (Å²) < 4.78 is 0.